The molecule has 1 N–H and O–H groups in total. The van der Waals surface area contributed by atoms with Crippen LogP contribution in [0.15, 0.2) is 24.3 Å². The largest absolute Gasteiger partial charge is 0.494 e. The highest BCUT2D eigenvalue weighted by molar-refractivity contribution is 5.30. The molecule has 0 bridgehead atoms. The van der Waals surface area contributed by atoms with E-state index < -0.39 is 0 Å². The summed E-state index contributed by atoms with van der Waals surface area (Å²) in [7, 11) is 2.06. The van der Waals surface area contributed by atoms with Crippen molar-refractivity contribution in [1.82, 2.24) is 5.32 Å². The van der Waals surface area contributed by atoms with E-state index in [1.54, 1.807) is 0 Å². The molecular formula is C19H33NO. The lowest BCUT2D eigenvalue weighted by atomic mass is 9.99. The smallest absolute Gasteiger partial charge is 0.119 e. The van der Waals surface area contributed by atoms with Crippen molar-refractivity contribution >= 4 is 0 Å². The molecule has 0 radical (unpaired) electrons. The van der Waals surface area contributed by atoms with Crippen LogP contribution in [0.4, 0.5) is 0 Å². The van der Waals surface area contributed by atoms with Crippen LogP contribution in [0.25, 0.3) is 0 Å². The zero-order chi connectivity index (χ0) is 15.3. The molecule has 0 spiro atoms. The minimum absolute atomic E-state index is 0.446. The standard InChI is InChI=1S/C19H33NO/c1-4-6-7-8-9-10-14-19(20-3)17-12-11-13-18(16-17)21-15-5-2/h11-13,16,19-20H,4-10,14-15H2,1-3H3. The molecule has 0 saturated carbocycles. The monoisotopic (exact) mass is 291 g/mol. The van der Waals surface area contributed by atoms with Crippen molar-refractivity contribution in [3.8, 4) is 5.75 Å². The van der Waals surface area contributed by atoms with Crippen LogP contribution in [-0.2, 0) is 0 Å². The topological polar surface area (TPSA) is 21.3 Å². The van der Waals surface area contributed by atoms with E-state index in [9.17, 15) is 0 Å². The van der Waals surface area contributed by atoms with Gasteiger partial charge in [0.2, 0.25) is 0 Å². The summed E-state index contributed by atoms with van der Waals surface area (Å²) < 4.78 is 5.73. The molecule has 0 aliphatic rings. The predicted molar refractivity (Wildman–Crippen MR) is 92.0 cm³/mol. The summed E-state index contributed by atoms with van der Waals surface area (Å²) in [5.74, 6) is 0.998. The van der Waals surface area contributed by atoms with Crippen LogP contribution in [-0.4, -0.2) is 13.7 Å². The van der Waals surface area contributed by atoms with Crippen molar-refractivity contribution in [2.24, 2.45) is 0 Å². The minimum atomic E-state index is 0.446. The first kappa shape index (κ1) is 18.0. The minimum Gasteiger partial charge on any atom is -0.494 e. The number of ether oxygens (including phenoxy) is 1. The second-order valence-corrected chi connectivity index (χ2v) is 5.82. The molecule has 1 rings (SSSR count). The Bertz CT molecular complexity index is 364. The third-order valence-corrected chi connectivity index (χ3v) is 3.93. The molecule has 2 heteroatoms. The van der Waals surface area contributed by atoms with Crippen LogP contribution in [0.5, 0.6) is 5.75 Å². The number of hydrogen-bond donors (Lipinski definition) is 1. The maximum absolute atomic E-state index is 5.73. The van der Waals surface area contributed by atoms with Gasteiger partial charge in [0, 0.05) is 6.04 Å². The summed E-state index contributed by atoms with van der Waals surface area (Å²) >= 11 is 0. The van der Waals surface area contributed by atoms with Crippen LogP contribution in [0.2, 0.25) is 0 Å². The Morgan fingerprint density at radius 2 is 1.76 bits per heavy atom. The highest BCUT2D eigenvalue weighted by Crippen LogP contribution is 2.24. The molecule has 1 aromatic carbocycles. The van der Waals surface area contributed by atoms with Crippen LogP contribution in [0.1, 0.15) is 76.8 Å². The Balaban J connectivity index is 2.40. The Kier molecular flexibility index (Phi) is 9.98. The number of unbranched alkanes of at least 4 members (excludes halogenated alkanes) is 5. The van der Waals surface area contributed by atoms with E-state index in [0.717, 1.165) is 18.8 Å². The van der Waals surface area contributed by atoms with Crippen molar-refractivity contribution in [1.29, 1.82) is 0 Å². The fourth-order valence-electron chi connectivity index (χ4n) is 2.65. The molecule has 0 aliphatic heterocycles. The molecule has 0 saturated heterocycles. The van der Waals surface area contributed by atoms with Gasteiger partial charge in [0.1, 0.15) is 5.75 Å². The van der Waals surface area contributed by atoms with Crippen LogP contribution < -0.4 is 10.1 Å². The van der Waals surface area contributed by atoms with E-state index in [-0.39, 0.29) is 0 Å². The third kappa shape index (κ3) is 7.52. The Labute approximate surface area is 131 Å². The van der Waals surface area contributed by atoms with Gasteiger partial charge in [-0.25, -0.2) is 0 Å². The summed E-state index contributed by atoms with van der Waals surface area (Å²) in [5.41, 5.74) is 1.35. The normalized spacial score (nSPS) is 12.3. The lowest BCUT2D eigenvalue weighted by Crippen LogP contribution is -2.16. The van der Waals surface area contributed by atoms with Crippen molar-refractivity contribution in [2.75, 3.05) is 13.7 Å². The molecule has 120 valence electrons. The first-order valence-electron chi connectivity index (χ1n) is 8.71. The summed E-state index contributed by atoms with van der Waals surface area (Å²) in [4.78, 5) is 0. The van der Waals surface area contributed by atoms with E-state index >= 15 is 0 Å². The highest BCUT2D eigenvalue weighted by atomic mass is 16.5. The first-order chi connectivity index (χ1) is 10.3. The second-order valence-electron chi connectivity index (χ2n) is 5.82. The SMILES string of the molecule is CCCCCCCCC(NC)c1cccc(OCCC)c1. The highest BCUT2D eigenvalue weighted by Gasteiger charge is 2.09. The molecule has 0 amide bonds. The average Bonchev–Trinajstić information content (AvgIpc) is 2.52. The van der Waals surface area contributed by atoms with Gasteiger partial charge in [-0.05, 0) is 37.6 Å². The lowest BCUT2D eigenvalue weighted by Gasteiger charge is -2.17. The van der Waals surface area contributed by atoms with Crippen LogP contribution in [0, 0.1) is 0 Å². The molecule has 0 heterocycles. The molecule has 1 atom stereocenters. The number of benzene rings is 1. The Morgan fingerprint density at radius 3 is 2.48 bits per heavy atom. The fraction of sp³-hybridized carbons (Fsp3) is 0.684. The van der Waals surface area contributed by atoms with Gasteiger partial charge in [0.05, 0.1) is 6.61 Å². The van der Waals surface area contributed by atoms with Gasteiger partial charge in [-0.1, -0.05) is 64.5 Å². The van der Waals surface area contributed by atoms with Crippen molar-refractivity contribution < 1.29 is 4.74 Å². The summed E-state index contributed by atoms with van der Waals surface area (Å²) in [6, 6.07) is 8.99. The van der Waals surface area contributed by atoms with E-state index in [4.69, 9.17) is 4.74 Å². The molecular weight excluding hydrogens is 258 g/mol. The summed E-state index contributed by atoms with van der Waals surface area (Å²) in [5, 5.41) is 3.45. The van der Waals surface area contributed by atoms with Gasteiger partial charge in [-0.2, -0.15) is 0 Å². The lowest BCUT2D eigenvalue weighted by molar-refractivity contribution is 0.316. The number of hydrogen-bond acceptors (Lipinski definition) is 2. The predicted octanol–water partition coefficient (Wildman–Crippen LogP) is 5.49. The molecule has 1 unspecified atom stereocenters. The maximum atomic E-state index is 5.73. The van der Waals surface area contributed by atoms with Gasteiger partial charge >= 0.3 is 0 Å². The first-order valence-corrected chi connectivity index (χ1v) is 8.71. The van der Waals surface area contributed by atoms with Crippen molar-refractivity contribution in [2.45, 2.75) is 71.3 Å². The van der Waals surface area contributed by atoms with Gasteiger partial charge < -0.3 is 10.1 Å². The van der Waals surface area contributed by atoms with E-state index in [2.05, 4.69) is 50.5 Å². The molecule has 21 heavy (non-hydrogen) atoms. The van der Waals surface area contributed by atoms with Gasteiger partial charge in [0.15, 0.2) is 0 Å². The number of nitrogens with one attached hydrogen (secondary N) is 1. The second kappa shape index (κ2) is 11.6. The molecule has 1 aromatic rings. The summed E-state index contributed by atoms with van der Waals surface area (Å²) in [6.07, 6.45) is 10.4. The quantitative estimate of drug-likeness (QED) is 0.514. The molecule has 0 aromatic heterocycles. The van der Waals surface area contributed by atoms with E-state index in [1.807, 2.05) is 0 Å². The third-order valence-electron chi connectivity index (χ3n) is 3.93. The fourth-order valence-corrected chi connectivity index (χ4v) is 2.65. The zero-order valence-corrected chi connectivity index (χ0v) is 14.2. The molecule has 0 aliphatic carbocycles. The van der Waals surface area contributed by atoms with Gasteiger partial charge in [-0.3, -0.25) is 0 Å². The van der Waals surface area contributed by atoms with Crippen LogP contribution in [0.3, 0.4) is 0 Å². The Morgan fingerprint density at radius 1 is 1.00 bits per heavy atom. The van der Waals surface area contributed by atoms with Gasteiger partial charge in [0.25, 0.3) is 0 Å². The Hall–Kier alpha value is -1.02. The maximum Gasteiger partial charge on any atom is 0.119 e. The average molecular weight is 291 g/mol. The number of rotatable bonds is 12. The van der Waals surface area contributed by atoms with Crippen molar-refractivity contribution in [3.63, 3.8) is 0 Å². The van der Waals surface area contributed by atoms with E-state index in [1.165, 1.54) is 50.5 Å². The van der Waals surface area contributed by atoms with Gasteiger partial charge in [-0.15, -0.1) is 0 Å². The van der Waals surface area contributed by atoms with E-state index in [0.29, 0.717) is 6.04 Å². The van der Waals surface area contributed by atoms with Crippen LogP contribution >= 0.6 is 0 Å². The van der Waals surface area contributed by atoms with Crippen molar-refractivity contribution in [3.05, 3.63) is 29.8 Å². The molecule has 2 nitrogen and oxygen atoms in total. The summed E-state index contributed by atoms with van der Waals surface area (Å²) in [6.45, 7) is 5.20. The molecule has 0 fully saturated rings. The zero-order valence-electron chi connectivity index (χ0n) is 14.2.